The van der Waals surface area contributed by atoms with E-state index in [-0.39, 0.29) is 5.91 Å². The third-order valence-electron chi connectivity index (χ3n) is 3.43. The lowest BCUT2D eigenvalue weighted by Crippen LogP contribution is -2.33. The standard InChI is InChI=1S/C18H22N2O/c19-14-7-12-18(21)20(17-10-5-2-6-11-17)15-13-16-8-3-1-4-9-16/h1-6,8-11H,7,12-15,19H2. The van der Waals surface area contributed by atoms with Gasteiger partial charge in [-0.1, -0.05) is 48.5 Å². The predicted molar refractivity (Wildman–Crippen MR) is 87.2 cm³/mol. The van der Waals surface area contributed by atoms with Gasteiger partial charge in [0.1, 0.15) is 0 Å². The zero-order valence-corrected chi connectivity index (χ0v) is 12.2. The minimum Gasteiger partial charge on any atom is -0.330 e. The van der Waals surface area contributed by atoms with Gasteiger partial charge in [0.2, 0.25) is 5.91 Å². The van der Waals surface area contributed by atoms with Gasteiger partial charge in [0.25, 0.3) is 0 Å². The molecular weight excluding hydrogens is 260 g/mol. The zero-order valence-electron chi connectivity index (χ0n) is 12.2. The van der Waals surface area contributed by atoms with Crippen molar-refractivity contribution in [3.8, 4) is 0 Å². The number of carbonyl (C=O) groups excluding carboxylic acids is 1. The molecule has 21 heavy (non-hydrogen) atoms. The van der Waals surface area contributed by atoms with Gasteiger partial charge in [-0.3, -0.25) is 4.79 Å². The maximum atomic E-state index is 12.4. The predicted octanol–water partition coefficient (Wildman–Crippen LogP) is 3.00. The molecule has 0 saturated carbocycles. The molecule has 3 nitrogen and oxygen atoms in total. The van der Waals surface area contributed by atoms with E-state index in [0.29, 0.717) is 19.5 Å². The fraction of sp³-hybridized carbons (Fsp3) is 0.278. The van der Waals surface area contributed by atoms with E-state index in [0.717, 1.165) is 18.5 Å². The molecule has 0 saturated heterocycles. The summed E-state index contributed by atoms with van der Waals surface area (Å²) in [7, 11) is 0. The van der Waals surface area contributed by atoms with Crippen molar-refractivity contribution in [2.24, 2.45) is 5.73 Å². The molecular formula is C18H22N2O. The van der Waals surface area contributed by atoms with Crippen molar-refractivity contribution >= 4 is 11.6 Å². The number of benzene rings is 2. The van der Waals surface area contributed by atoms with Crippen molar-refractivity contribution in [1.29, 1.82) is 0 Å². The second-order valence-electron chi connectivity index (χ2n) is 5.01. The molecule has 0 aromatic heterocycles. The van der Waals surface area contributed by atoms with Crippen LogP contribution >= 0.6 is 0 Å². The number of rotatable bonds is 7. The second kappa shape index (κ2) is 8.22. The van der Waals surface area contributed by atoms with Crippen molar-refractivity contribution in [3.05, 3.63) is 66.2 Å². The number of hydrogen-bond donors (Lipinski definition) is 1. The summed E-state index contributed by atoms with van der Waals surface area (Å²) in [4.78, 5) is 14.3. The molecule has 0 unspecified atom stereocenters. The van der Waals surface area contributed by atoms with E-state index in [1.165, 1.54) is 5.56 Å². The van der Waals surface area contributed by atoms with E-state index in [1.54, 1.807) is 0 Å². The maximum absolute atomic E-state index is 12.4. The highest BCUT2D eigenvalue weighted by Gasteiger charge is 2.14. The summed E-state index contributed by atoms with van der Waals surface area (Å²) in [5, 5.41) is 0. The lowest BCUT2D eigenvalue weighted by molar-refractivity contribution is -0.118. The Morgan fingerprint density at radius 2 is 1.57 bits per heavy atom. The summed E-state index contributed by atoms with van der Waals surface area (Å²) in [6.45, 7) is 1.24. The number of amides is 1. The van der Waals surface area contributed by atoms with Crippen LogP contribution in [0.1, 0.15) is 18.4 Å². The molecule has 2 aromatic carbocycles. The van der Waals surface area contributed by atoms with Crippen LogP contribution in [0.3, 0.4) is 0 Å². The highest BCUT2D eigenvalue weighted by Crippen LogP contribution is 2.16. The minimum absolute atomic E-state index is 0.141. The van der Waals surface area contributed by atoms with E-state index in [4.69, 9.17) is 5.73 Å². The van der Waals surface area contributed by atoms with Crippen LogP contribution in [0.5, 0.6) is 0 Å². The molecule has 0 atom stereocenters. The first-order valence-electron chi connectivity index (χ1n) is 7.40. The molecule has 110 valence electrons. The van der Waals surface area contributed by atoms with E-state index in [9.17, 15) is 4.79 Å². The topological polar surface area (TPSA) is 46.3 Å². The fourth-order valence-corrected chi connectivity index (χ4v) is 2.28. The molecule has 2 rings (SSSR count). The van der Waals surface area contributed by atoms with Crippen LogP contribution in [-0.4, -0.2) is 19.0 Å². The molecule has 0 spiro atoms. The Morgan fingerprint density at radius 3 is 2.19 bits per heavy atom. The summed E-state index contributed by atoms with van der Waals surface area (Å²) in [5.41, 5.74) is 7.70. The monoisotopic (exact) mass is 282 g/mol. The van der Waals surface area contributed by atoms with Crippen molar-refractivity contribution < 1.29 is 4.79 Å². The first-order chi connectivity index (χ1) is 10.3. The normalized spacial score (nSPS) is 10.3. The average molecular weight is 282 g/mol. The van der Waals surface area contributed by atoms with Gasteiger partial charge in [-0.05, 0) is 37.1 Å². The number of anilines is 1. The van der Waals surface area contributed by atoms with Crippen LogP contribution in [0.15, 0.2) is 60.7 Å². The van der Waals surface area contributed by atoms with Crippen molar-refractivity contribution in [3.63, 3.8) is 0 Å². The lowest BCUT2D eigenvalue weighted by atomic mass is 10.1. The van der Waals surface area contributed by atoms with Gasteiger partial charge in [-0.15, -0.1) is 0 Å². The van der Waals surface area contributed by atoms with E-state index < -0.39 is 0 Å². The van der Waals surface area contributed by atoms with Crippen LogP contribution < -0.4 is 10.6 Å². The molecule has 0 aliphatic heterocycles. The molecule has 3 heteroatoms. The van der Waals surface area contributed by atoms with Crippen molar-refractivity contribution in [2.75, 3.05) is 18.0 Å². The van der Waals surface area contributed by atoms with Crippen LogP contribution in [-0.2, 0) is 11.2 Å². The summed E-state index contributed by atoms with van der Waals surface area (Å²) in [6.07, 6.45) is 2.08. The third kappa shape index (κ3) is 4.72. The number of para-hydroxylation sites is 1. The van der Waals surface area contributed by atoms with Crippen LogP contribution in [0, 0.1) is 0 Å². The largest absolute Gasteiger partial charge is 0.330 e. The van der Waals surface area contributed by atoms with Crippen molar-refractivity contribution in [1.82, 2.24) is 0 Å². The quantitative estimate of drug-likeness (QED) is 0.848. The SMILES string of the molecule is NCCCC(=O)N(CCc1ccccc1)c1ccccc1. The van der Waals surface area contributed by atoms with E-state index in [1.807, 2.05) is 53.4 Å². The van der Waals surface area contributed by atoms with Crippen LogP contribution in [0.2, 0.25) is 0 Å². The Balaban J connectivity index is 2.07. The molecule has 2 aromatic rings. The van der Waals surface area contributed by atoms with Gasteiger partial charge >= 0.3 is 0 Å². The molecule has 0 fully saturated rings. The Labute approximate surface area is 126 Å². The highest BCUT2D eigenvalue weighted by atomic mass is 16.2. The van der Waals surface area contributed by atoms with Gasteiger partial charge in [0.05, 0.1) is 0 Å². The Bertz CT molecular complexity index is 540. The first-order valence-corrected chi connectivity index (χ1v) is 7.40. The zero-order chi connectivity index (χ0) is 14.9. The number of nitrogens with two attached hydrogens (primary N) is 1. The number of carbonyl (C=O) groups is 1. The number of hydrogen-bond acceptors (Lipinski definition) is 2. The highest BCUT2D eigenvalue weighted by molar-refractivity contribution is 5.93. The minimum atomic E-state index is 0.141. The Hall–Kier alpha value is -2.13. The molecule has 0 heterocycles. The van der Waals surface area contributed by atoms with Gasteiger partial charge in [-0.2, -0.15) is 0 Å². The molecule has 0 aliphatic carbocycles. The van der Waals surface area contributed by atoms with E-state index >= 15 is 0 Å². The molecule has 0 aliphatic rings. The second-order valence-corrected chi connectivity index (χ2v) is 5.01. The fourth-order valence-electron chi connectivity index (χ4n) is 2.28. The first kappa shape index (κ1) is 15.3. The molecule has 0 bridgehead atoms. The van der Waals surface area contributed by atoms with Crippen molar-refractivity contribution in [2.45, 2.75) is 19.3 Å². The summed E-state index contributed by atoms with van der Waals surface area (Å²) < 4.78 is 0. The molecule has 2 N–H and O–H groups in total. The molecule has 0 radical (unpaired) electrons. The number of nitrogens with zero attached hydrogens (tertiary/aromatic N) is 1. The maximum Gasteiger partial charge on any atom is 0.227 e. The van der Waals surface area contributed by atoms with E-state index in [2.05, 4.69) is 12.1 Å². The van der Waals surface area contributed by atoms with Gasteiger partial charge in [-0.25, -0.2) is 0 Å². The summed E-state index contributed by atoms with van der Waals surface area (Å²) in [6, 6.07) is 20.1. The average Bonchev–Trinajstić information content (AvgIpc) is 2.55. The van der Waals surface area contributed by atoms with Gasteiger partial charge < -0.3 is 10.6 Å². The Morgan fingerprint density at radius 1 is 0.952 bits per heavy atom. The molecule has 1 amide bonds. The van der Waals surface area contributed by atoms with Crippen LogP contribution in [0.4, 0.5) is 5.69 Å². The Kier molecular flexibility index (Phi) is 5.98. The smallest absolute Gasteiger partial charge is 0.227 e. The van der Waals surface area contributed by atoms with Gasteiger partial charge in [0, 0.05) is 18.7 Å². The van der Waals surface area contributed by atoms with Gasteiger partial charge in [0.15, 0.2) is 0 Å². The van der Waals surface area contributed by atoms with Crippen LogP contribution in [0.25, 0.3) is 0 Å². The lowest BCUT2D eigenvalue weighted by Gasteiger charge is -2.23. The summed E-state index contributed by atoms with van der Waals surface area (Å²) in [5.74, 6) is 0.141. The third-order valence-corrected chi connectivity index (χ3v) is 3.43. The summed E-state index contributed by atoms with van der Waals surface area (Å²) >= 11 is 0.